The summed E-state index contributed by atoms with van der Waals surface area (Å²) < 4.78 is 13.9. The Labute approximate surface area is 94.0 Å². The van der Waals surface area contributed by atoms with Gasteiger partial charge >= 0.3 is 5.69 Å². The first-order valence-corrected chi connectivity index (χ1v) is 4.68. The summed E-state index contributed by atoms with van der Waals surface area (Å²) in [5.41, 5.74) is -1.57. The molecule has 0 atom stereocenters. The Kier molecular flexibility index (Phi) is 2.51. The first-order valence-electron chi connectivity index (χ1n) is 4.68. The van der Waals surface area contributed by atoms with Crippen molar-refractivity contribution in [1.82, 2.24) is 14.5 Å². The maximum atomic E-state index is 13.2. The van der Waals surface area contributed by atoms with Crippen LogP contribution >= 0.6 is 0 Å². The molecule has 0 aliphatic rings. The van der Waals surface area contributed by atoms with Gasteiger partial charge in [-0.25, -0.2) is 9.36 Å². The molecular weight excluding hydrogens is 229 g/mol. The van der Waals surface area contributed by atoms with E-state index in [-0.39, 0.29) is 5.69 Å². The van der Waals surface area contributed by atoms with Crippen LogP contribution in [0.4, 0.5) is 4.39 Å². The Morgan fingerprint density at radius 3 is 2.82 bits per heavy atom. The van der Waals surface area contributed by atoms with Crippen LogP contribution in [0.15, 0.2) is 27.9 Å². The number of H-pyrrole nitrogens is 1. The highest BCUT2D eigenvalue weighted by atomic mass is 19.1. The van der Waals surface area contributed by atoms with Crippen molar-refractivity contribution in [2.75, 3.05) is 0 Å². The lowest BCUT2D eigenvalue weighted by Gasteiger charge is -2.09. The van der Waals surface area contributed by atoms with Crippen LogP contribution in [0.2, 0.25) is 0 Å². The van der Waals surface area contributed by atoms with Crippen molar-refractivity contribution in [3.05, 3.63) is 50.7 Å². The summed E-state index contributed by atoms with van der Waals surface area (Å²) in [6.07, 6.45) is 1.49. The zero-order chi connectivity index (χ0) is 12.6. The molecule has 0 amide bonds. The summed E-state index contributed by atoms with van der Waals surface area (Å²) in [5.74, 6) is -2.44. The third-order valence-electron chi connectivity index (χ3n) is 2.25. The van der Waals surface area contributed by atoms with E-state index in [9.17, 15) is 19.1 Å². The second kappa shape index (κ2) is 3.85. The van der Waals surface area contributed by atoms with Crippen LogP contribution in [-0.4, -0.2) is 19.6 Å². The van der Waals surface area contributed by atoms with Gasteiger partial charge in [-0.2, -0.15) is 4.39 Å². The van der Waals surface area contributed by atoms with Crippen LogP contribution in [0.25, 0.3) is 5.69 Å². The van der Waals surface area contributed by atoms with Gasteiger partial charge in [0.25, 0.3) is 5.56 Å². The fourth-order valence-electron chi connectivity index (χ4n) is 1.44. The number of nitrogens with one attached hydrogen (secondary N) is 1. The summed E-state index contributed by atoms with van der Waals surface area (Å²) in [4.78, 5) is 28.1. The van der Waals surface area contributed by atoms with Crippen molar-refractivity contribution in [1.29, 1.82) is 0 Å². The summed E-state index contributed by atoms with van der Waals surface area (Å²) in [6, 6.07) is 3.00. The molecule has 0 fully saturated rings. The number of aromatic hydroxyl groups is 1. The Morgan fingerprint density at radius 2 is 2.18 bits per heavy atom. The number of hydrogen-bond acceptors (Lipinski definition) is 4. The van der Waals surface area contributed by atoms with E-state index in [1.54, 1.807) is 11.9 Å². The van der Waals surface area contributed by atoms with Gasteiger partial charge in [-0.15, -0.1) is 0 Å². The van der Waals surface area contributed by atoms with Gasteiger partial charge < -0.3 is 5.11 Å². The topological polar surface area (TPSA) is 88.0 Å². The SMILES string of the molecule is Cc1ncccc1-n1c(O)c(F)c(=O)[nH]c1=O. The van der Waals surface area contributed by atoms with Crippen LogP contribution in [0.5, 0.6) is 5.88 Å². The molecule has 17 heavy (non-hydrogen) atoms. The molecule has 0 saturated heterocycles. The smallest absolute Gasteiger partial charge is 0.336 e. The summed E-state index contributed by atoms with van der Waals surface area (Å²) in [5, 5.41) is 9.48. The van der Waals surface area contributed by atoms with Gasteiger partial charge in [-0.05, 0) is 19.1 Å². The highest BCUT2D eigenvalue weighted by Crippen LogP contribution is 2.16. The third kappa shape index (κ3) is 1.71. The molecule has 0 aromatic carbocycles. The molecule has 2 heterocycles. The van der Waals surface area contributed by atoms with Gasteiger partial charge in [-0.3, -0.25) is 14.8 Å². The molecular formula is C10H8FN3O3. The van der Waals surface area contributed by atoms with Crippen LogP contribution < -0.4 is 11.2 Å². The van der Waals surface area contributed by atoms with Crippen molar-refractivity contribution in [3.63, 3.8) is 0 Å². The van der Waals surface area contributed by atoms with Gasteiger partial charge in [0.05, 0.1) is 11.4 Å². The number of aryl methyl sites for hydroxylation is 1. The van der Waals surface area contributed by atoms with E-state index in [2.05, 4.69) is 4.98 Å². The van der Waals surface area contributed by atoms with Gasteiger partial charge in [0.15, 0.2) is 0 Å². The van der Waals surface area contributed by atoms with E-state index in [1.165, 1.54) is 18.3 Å². The fourth-order valence-corrected chi connectivity index (χ4v) is 1.44. The molecule has 0 bridgehead atoms. The van der Waals surface area contributed by atoms with E-state index in [0.717, 1.165) is 0 Å². The number of pyridine rings is 1. The lowest BCUT2D eigenvalue weighted by Crippen LogP contribution is -2.31. The average molecular weight is 237 g/mol. The first kappa shape index (κ1) is 11.1. The zero-order valence-electron chi connectivity index (χ0n) is 8.77. The standard InChI is InChI=1S/C10H8FN3O3/c1-5-6(3-2-4-12-5)14-9(16)7(11)8(15)13-10(14)17/h2-4,16H,1H3,(H,13,15,17). The number of aromatic amines is 1. The maximum absolute atomic E-state index is 13.2. The largest absolute Gasteiger partial charge is 0.492 e. The normalized spacial score (nSPS) is 10.5. The predicted molar refractivity (Wildman–Crippen MR) is 56.8 cm³/mol. The van der Waals surface area contributed by atoms with Crippen molar-refractivity contribution >= 4 is 0 Å². The molecule has 0 aliphatic carbocycles. The van der Waals surface area contributed by atoms with E-state index >= 15 is 0 Å². The molecule has 0 spiro atoms. The minimum Gasteiger partial charge on any atom is -0.492 e. The van der Waals surface area contributed by atoms with E-state index in [1.807, 2.05) is 0 Å². The second-order valence-electron chi connectivity index (χ2n) is 3.34. The Morgan fingerprint density at radius 1 is 1.47 bits per heavy atom. The first-order chi connectivity index (χ1) is 8.02. The number of aromatic nitrogens is 3. The van der Waals surface area contributed by atoms with Gasteiger partial charge in [0, 0.05) is 6.20 Å². The summed E-state index contributed by atoms with van der Waals surface area (Å²) in [7, 11) is 0. The molecule has 2 aromatic heterocycles. The lowest BCUT2D eigenvalue weighted by molar-refractivity contribution is 0.385. The molecule has 2 N–H and O–H groups in total. The molecule has 0 radical (unpaired) electrons. The molecule has 0 saturated carbocycles. The minimum absolute atomic E-state index is 0.199. The van der Waals surface area contributed by atoms with E-state index in [0.29, 0.717) is 10.3 Å². The number of rotatable bonds is 1. The van der Waals surface area contributed by atoms with Crippen LogP contribution in [-0.2, 0) is 0 Å². The molecule has 0 aliphatic heterocycles. The second-order valence-corrected chi connectivity index (χ2v) is 3.34. The molecule has 2 rings (SSSR count). The third-order valence-corrected chi connectivity index (χ3v) is 2.25. The quantitative estimate of drug-likeness (QED) is 0.734. The van der Waals surface area contributed by atoms with Gasteiger partial charge in [0.2, 0.25) is 11.7 Å². The molecule has 2 aromatic rings. The number of halogens is 1. The van der Waals surface area contributed by atoms with Crippen molar-refractivity contribution in [3.8, 4) is 11.6 Å². The van der Waals surface area contributed by atoms with Crippen molar-refractivity contribution < 1.29 is 9.50 Å². The zero-order valence-corrected chi connectivity index (χ0v) is 8.77. The number of nitrogens with zero attached hydrogens (tertiary/aromatic N) is 2. The highest BCUT2D eigenvalue weighted by Gasteiger charge is 2.16. The molecule has 0 unspecified atom stereocenters. The van der Waals surface area contributed by atoms with E-state index < -0.39 is 22.9 Å². The Balaban J connectivity index is 2.87. The fraction of sp³-hybridized carbons (Fsp3) is 0.100. The minimum atomic E-state index is -1.41. The number of hydrogen-bond donors (Lipinski definition) is 2. The summed E-state index contributed by atoms with van der Waals surface area (Å²) in [6.45, 7) is 1.59. The van der Waals surface area contributed by atoms with Crippen molar-refractivity contribution in [2.24, 2.45) is 0 Å². The van der Waals surface area contributed by atoms with Crippen LogP contribution in [0.1, 0.15) is 5.69 Å². The lowest BCUT2D eigenvalue weighted by atomic mass is 10.3. The maximum Gasteiger partial charge on any atom is 0.336 e. The monoisotopic (exact) mass is 237 g/mol. The van der Waals surface area contributed by atoms with Crippen LogP contribution in [0.3, 0.4) is 0 Å². The van der Waals surface area contributed by atoms with Crippen LogP contribution in [0, 0.1) is 12.7 Å². The Hall–Kier alpha value is -2.44. The predicted octanol–water partition coefficient (Wildman–Crippen LogP) is 0.0739. The average Bonchev–Trinajstić information content (AvgIpc) is 2.29. The summed E-state index contributed by atoms with van der Waals surface area (Å²) >= 11 is 0. The highest BCUT2D eigenvalue weighted by molar-refractivity contribution is 5.38. The molecule has 7 heteroatoms. The Bertz CT molecular complexity index is 690. The van der Waals surface area contributed by atoms with Gasteiger partial charge in [-0.1, -0.05) is 0 Å². The molecule has 6 nitrogen and oxygen atoms in total. The van der Waals surface area contributed by atoms with Crippen molar-refractivity contribution in [2.45, 2.75) is 6.92 Å². The van der Waals surface area contributed by atoms with E-state index in [4.69, 9.17) is 0 Å². The van der Waals surface area contributed by atoms with Gasteiger partial charge in [0.1, 0.15) is 0 Å². The molecule has 88 valence electrons.